The van der Waals surface area contributed by atoms with Crippen LogP contribution in [0.15, 0.2) is 72.9 Å². The Bertz CT molecular complexity index is 1140. The number of rotatable bonds is 5. The van der Waals surface area contributed by atoms with Crippen molar-refractivity contribution in [2.24, 2.45) is 0 Å². The highest BCUT2D eigenvalue weighted by Gasteiger charge is 2.23. The van der Waals surface area contributed by atoms with Gasteiger partial charge >= 0.3 is 0 Å². The lowest BCUT2D eigenvalue weighted by molar-refractivity contribution is 0.0977. The lowest BCUT2D eigenvalue weighted by atomic mass is 9.85. The van der Waals surface area contributed by atoms with Crippen LogP contribution in [0.2, 0.25) is 0 Å². The topological polar surface area (TPSA) is 32.9 Å². The fourth-order valence-corrected chi connectivity index (χ4v) is 3.56. The number of hydrogen-bond acceptors (Lipinski definition) is 1. The third-order valence-electron chi connectivity index (χ3n) is 5.11. The van der Waals surface area contributed by atoms with Crippen molar-refractivity contribution in [3.05, 3.63) is 107 Å². The molecule has 1 heterocycles. The van der Waals surface area contributed by atoms with E-state index in [2.05, 4.69) is 4.98 Å². The highest BCUT2D eigenvalue weighted by molar-refractivity contribution is 5.97. The molecule has 1 N–H and O–H groups in total. The van der Waals surface area contributed by atoms with Crippen LogP contribution in [0.3, 0.4) is 0 Å². The van der Waals surface area contributed by atoms with Gasteiger partial charge in [-0.1, -0.05) is 54.1 Å². The average Bonchev–Trinajstić information content (AvgIpc) is 3.12. The van der Waals surface area contributed by atoms with E-state index in [9.17, 15) is 13.6 Å². The summed E-state index contributed by atoms with van der Waals surface area (Å²) in [6.45, 7) is 1.96. The third kappa shape index (κ3) is 3.46. The summed E-state index contributed by atoms with van der Waals surface area (Å²) in [5.74, 6) is -2.24. The van der Waals surface area contributed by atoms with Crippen LogP contribution in [0, 0.1) is 18.6 Å². The summed E-state index contributed by atoms with van der Waals surface area (Å²) in [7, 11) is 0. The van der Waals surface area contributed by atoms with Crippen molar-refractivity contribution >= 4 is 16.7 Å². The van der Waals surface area contributed by atoms with Gasteiger partial charge in [0.1, 0.15) is 0 Å². The lowest BCUT2D eigenvalue weighted by Crippen LogP contribution is -2.10. The second kappa shape index (κ2) is 7.39. The van der Waals surface area contributed by atoms with E-state index >= 15 is 0 Å². The van der Waals surface area contributed by atoms with E-state index < -0.39 is 11.6 Å². The van der Waals surface area contributed by atoms with Crippen LogP contribution in [0.25, 0.3) is 10.9 Å². The standard InChI is InChI=1S/C24H19F2NO/c1-15-6-8-16(9-7-15)24(28)13-19(17-10-11-21(25)22(26)12-17)20-14-27-23-5-3-2-4-18(20)23/h2-12,14,19,27H,13H2,1H3. The number of hydrogen-bond donors (Lipinski definition) is 1. The summed E-state index contributed by atoms with van der Waals surface area (Å²) >= 11 is 0. The van der Waals surface area contributed by atoms with Crippen molar-refractivity contribution in [3.63, 3.8) is 0 Å². The first-order valence-electron chi connectivity index (χ1n) is 9.14. The monoisotopic (exact) mass is 375 g/mol. The Kier molecular flexibility index (Phi) is 4.78. The SMILES string of the molecule is Cc1ccc(C(=O)CC(c2ccc(F)c(F)c2)c2c[nH]c3ccccc23)cc1. The molecule has 0 saturated carbocycles. The van der Waals surface area contributed by atoms with Crippen LogP contribution in [-0.4, -0.2) is 10.8 Å². The van der Waals surface area contributed by atoms with Crippen LogP contribution >= 0.6 is 0 Å². The van der Waals surface area contributed by atoms with Gasteiger partial charge in [-0.05, 0) is 36.2 Å². The van der Waals surface area contributed by atoms with Gasteiger partial charge in [-0.15, -0.1) is 0 Å². The van der Waals surface area contributed by atoms with Gasteiger partial charge in [0, 0.05) is 35.0 Å². The summed E-state index contributed by atoms with van der Waals surface area (Å²) in [4.78, 5) is 16.2. The molecule has 0 bridgehead atoms. The molecule has 1 unspecified atom stereocenters. The number of aromatic amines is 1. The minimum atomic E-state index is -0.912. The Morgan fingerprint density at radius 1 is 0.964 bits per heavy atom. The van der Waals surface area contributed by atoms with Gasteiger partial charge in [0.25, 0.3) is 0 Å². The molecule has 4 aromatic rings. The molecule has 0 aliphatic rings. The minimum Gasteiger partial charge on any atom is -0.361 e. The second-order valence-corrected chi connectivity index (χ2v) is 7.01. The first-order valence-corrected chi connectivity index (χ1v) is 9.14. The van der Waals surface area contributed by atoms with E-state index in [1.54, 1.807) is 18.2 Å². The van der Waals surface area contributed by atoms with E-state index in [0.717, 1.165) is 28.1 Å². The smallest absolute Gasteiger partial charge is 0.163 e. The fraction of sp³-hybridized carbons (Fsp3) is 0.125. The molecule has 3 aromatic carbocycles. The Balaban J connectivity index is 1.78. The number of nitrogens with one attached hydrogen (secondary N) is 1. The largest absolute Gasteiger partial charge is 0.361 e. The van der Waals surface area contributed by atoms with Crippen molar-refractivity contribution < 1.29 is 13.6 Å². The summed E-state index contributed by atoms with van der Waals surface area (Å²) in [5, 5.41) is 0.967. The molecule has 0 aliphatic heterocycles. The molecule has 2 nitrogen and oxygen atoms in total. The Hall–Kier alpha value is -3.27. The molecule has 28 heavy (non-hydrogen) atoms. The molecule has 0 fully saturated rings. The molecule has 4 heteroatoms. The molecular weight excluding hydrogens is 356 g/mol. The highest BCUT2D eigenvalue weighted by Crippen LogP contribution is 2.35. The average molecular weight is 375 g/mol. The molecule has 0 spiro atoms. The number of ketones is 1. The van der Waals surface area contributed by atoms with E-state index in [-0.39, 0.29) is 18.1 Å². The first-order chi connectivity index (χ1) is 13.5. The van der Waals surface area contributed by atoms with Gasteiger partial charge in [-0.3, -0.25) is 4.79 Å². The number of halogens is 2. The number of aromatic nitrogens is 1. The summed E-state index contributed by atoms with van der Waals surface area (Å²) < 4.78 is 27.4. The van der Waals surface area contributed by atoms with Crippen molar-refractivity contribution in [2.75, 3.05) is 0 Å². The molecule has 4 rings (SSSR count). The van der Waals surface area contributed by atoms with Crippen molar-refractivity contribution in [1.29, 1.82) is 0 Å². The van der Waals surface area contributed by atoms with Gasteiger partial charge in [0.05, 0.1) is 0 Å². The Labute approximate surface area is 161 Å². The zero-order valence-corrected chi connectivity index (χ0v) is 15.4. The number of H-pyrrole nitrogens is 1. The number of benzene rings is 3. The van der Waals surface area contributed by atoms with Crippen LogP contribution in [0.4, 0.5) is 8.78 Å². The highest BCUT2D eigenvalue weighted by atomic mass is 19.2. The van der Waals surface area contributed by atoms with Gasteiger partial charge in [0.15, 0.2) is 17.4 Å². The molecule has 0 amide bonds. The lowest BCUT2D eigenvalue weighted by Gasteiger charge is -2.17. The number of Topliss-reactive ketones (excluding diaryl/α,β-unsaturated/α-hetero) is 1. The number of aryl methyl sites for hydroxylation is 1. The zero-order chi connectivity index (χ0) is 19.7. The normalized spacial score (nSPS) is 12.2. The zero-order valence-electron chi connectivity index (χ0n) is 15.4. The summed E-state index contributed by atoms with van der Waals surface area (Å²) in [6.07, 6.45) is 2.01. The number of para-hydroxylation sites is 1. The van der Waals surface area contributed by atoms with E-state index in [4.69, 9.17) is 0 Å². The molecule has 0 radical (unpaired) electrons. The first kappa shape index (κ1) is 18.1. The minimum absolute atomic E-state index is 0.0417. The molecule has 140 valence electrons. The second-order valence-electron chi connectivity index (χ2n) is 7.01. The summed E-state index contributed by atoms with van der Waals surface area (Å²) in [6, 6.07) is 19.0. The van der Waals surface area contributed by atoms with Crippen LogP contribution in [0.5, 0.6) is 0 Å². The van der Waals surface area contributed by atoms with Crippen molar-refractivity contribution in [3.8, 4) is 0 Å². The maximum Gasteiger partial charge on any atom is 0.163 e. The maximum atomic E-state index is 13.9. The Morgan fingerprint density at radius 3 is 2.46 bits per heavy atom. The van der Waals surface area contributed by atoms with Gasteiger partial charge in [0.2, 0.25) is 0 Å². The molecule has 0 aliphatic carbocycles. The molecule has 1 aromatic heterocycles. The summed E-state index contributed by atoms with van der Waals surface area (Å²) in [5.41, 5.74) is 4.09. The molecular formula is C24H19F2NO. The number of fused-ring (bicyclic) bond motifs is 1. The van der Waals surface area contributed by atoms with E-state index in [1.807, 2.05) is 49.5 Å². The number of carbonyl (C=O) groups excluding carboxylic acids is 1. The molecule has 1 atom stereocenters. The van der Waals surface area contributed by atoms with E-state index in [1.165, 1.54) is 6.07 Å². The van der Waals surface area contributed by atoms with Gasteiger partial charge in [-0.2, -0.15) is 0 Å². The predicted molar refractivity (Wildman–Crippen MR) is 107 cm³/mol. The van der Waals surface area contributed by atoms with Crippen LogP contribution < -0.4 is 0 Å². The quantitative estimate of drug-likeness (QED) is 0.416. The van der Waals surface area contributed by atoms with Gasteiger partial charge < -0.3 is 4.98 Å². The molecule has 0 saturated heterocycles. The van der Waals surface area contributed by atoms with Crippen molar-refractivity contribution in [1.82, 2.24) is 4.98 Å². The third-order valence-corrected chi connectivity index (χ3v) is 5.11. The van der Waals surface area contributed by atoms with Crippen LogP contribution in [0.1, 0.15) is 39.4 Å². The number of carbonyl (C=O) groups is 1. The van der Waals surface area contributed by atoms with Gasteiger partial charge in [-0.25, -0.2) is 8.78 Å². The Morgan fingerprint density at radius 2 is 1.71 bits per heavy atom. The van der Waals surface area contributed by atoms with Crippen molar-refractivity contribution in [2.45, 2.75) is 19.3 Å². The van der Waals surface area contributed by atoms with E-state index in [0.29, 0.717) is 11.1 Å². The predicted octanol–water partition coefficient (Wildman–Crippen LogP) is 6.16. The fourth-order valence-electron chi connectivity index (χ4n) is 3.56. The van der Waals surface area contributed by atoms with Crippen LogP contribution in [-0.2, 0) is 0 Å². The maximum absolute atomic E-state index is 13.9.